The van der Waals surface area contributed by atoms with Crippen LogP contribution in [0.25, 0.3) is 0 Å². The molecule has 0 radical (unpaired) electrons. The molecule has 0 fully saturated rings. The predicted molar refractivity (Wildman–Crippen MR) is 104 cm³/mol. The van der Waals surface area contributed by atoms with E-state index in [9.17, 15) is 18.4 Å². The van der Waals surface area contributed by atoms with Crippen molar-refractivity contribution in [1.29, 1.82) is 0 Å². The number of rotatable bonds is 3. The molecule has 154 valence electrons. The number of aryl methyl sites for hydroxylation is 1. The molecule has 1 aliphatic rings. The van der Waals surface area contributed by atoms with Crippen LogP contribution in [0.5, 0.6) is 0 Å². The highest BCUT2D eigenvalue weighted by molar-refractivity contribution is 6.05. The van der Waals surface area contributed by atoms with Crippen LogP contribution in [0.3, 0.4) is 0 Å². The number of nitrogens with one attached hydrogen (secondary N) is 1. The number of anilines is 1. The van der Waals surface area contributed by atoms with Crippen molar-refractivity contribution in [3.05, 3.63) is 63.7 Å². The zero-order valence-corrected chi connectivity index (χ0v) is 16.9. The first-order chi connectivity index (χ1) is 13.3. The summed E-state index contributed by atoms with van der Waals surface area (Å²) in [6.45, 7) is 10.4. The average molecular weight is 403 g/mol. The SMILES string of the molecule is Cc1cc2c(cc1NC(=O)c1cc(F)c(C(=O)O)c(F)c1)C(C)(C)COC2(C)C. The smallest absolute Gasteiger partial charge is 0.341 e. The summed E-state index contributed by atoms with van der Waals surface area (Å²) >= 11 is 0. The maximum absolute atomic E-state index is 13.9. The number of aromatic carboxylic acids is 1. The summed E-state index contributed by atoms with van der Waals surface area (Å²) < 4.78 is 33.9. The fourth-order valence-electron chi connectivity index (χ4n) is 3.52. The zero-order chi connectivity index (χ0) is 21.7. The molecule has 0 unspecified atom stereocenters. The Bertz CT molecular complexity index is 1000. The van der Waals surface area contributed by atoms with Crippen molar-refractivity contribution in [3.8, 4) is 0 Å². The number of carboxylic acids is 1. The summed E-state index contributed by atoms with van der Waals surface area (Å²) in [5.74, 6) is -5.06. The Labute approximate surface area is 167 Å². The minimum Gasteiger partial charge on any atom is -0.477 e. The van der Waals surface area contributed by atoms with E-state index in [1.54, 1.807) is 0 Å². The van der Waals surface area contributed by atoms with Crippen LogP contribution in [-0.4, -0.2) is 23.6 Å². The largest absolute Gasteiger partial charge is 0.477 e. The Hall–Kier alpha value is -2.80. The lowest BCUT2D eigenvalue weighted by Crippen LogP contribution is -2.40. The topological polar surface area (TPSA) is 75.6 Å². The molecule has 1 amide bonds. The molecule has 2 N–H and O–H groups in total. The van der Waals surface area contributed by atoms with E-state index >= 15 is 0 Å². The third-order valence-electron chi connectivity index (χ3n) is 5.30. The normalized spacial score (nSPS) is 16.8. The van der Waals surface area contributed by atoms with E-state index in [0.29, 0.717) is 12.3 Å². The maximum atomic E-state index is 13.9. The highest BCUT2D eigenvalue weighted by Crippen LogP contribution is 2.43. The molecule has 5 nitrogen and oxygen atoms in total. The van der Waals surface area contributed by atoms with Crippen molar-refractivity contribution in [2.75, 3.05) is 11.9 Å². The molecule has 1 aliphatic heterocycles. The van der Waals surface area contributed by atoms with Gasteiger partial charge in [0.25, 0.3) is 5.91 Å². The van der Waals surface area contributed by atoms with E-state index in [2.05, 4.69) is 5.32 Å². The molecule has 0 bridgehead atoms. The maximum Gasteiger partial charge on any atom is 0.341 e. The van der Waals surface area contributed by atoms with Crippen molar-refractivity contribution in [2.24, 2.45) is 0 Å². The van der Waals surface area contributed by atoms with Gasteiger partial charge in [-0.1, -0.05) is 19.9 Å². The van der Waals surface area contributed by atoms with E-state index in [-0.39, 0.29) is 11.0 Å². The Kier molecular flexibility index (Phi) is 4.99. The molecule has 2 aromatic carbocycles. The quantitative estimate of drug-likeness (QED) is 0.774. The molecular weight excluding hydrogens is 380 g/mol. The molecule has 7 heteroatoms. The summed E-state index contributed by atoms with van der Waals surface area (Å²) in [6, 6.07) is 5.25. The molecule has 2 aromatic rings. The van der Waals surface area contributed by atoms with Crippen LogP contribution in [0.15, 0.2) is 24.3 Å². The van der Waals surface area contributed by atoms with Crippen LogP contribution in [0.1, 0.15) is 65.1 Å². The second-order valence-corrected chi connectivity index (χ2v) is 8.47. The van der Waals surface area contributed by atoms with E-state index in [4.69, 9.17) is 9.84 Å². The minimum absolute atomic E-state index is 0.278. The summed E-state index contributed by atoms with van der Waals surface area (Å²) in [5, 5.41) is 11.5. The second-order valence-electron chi connectivity index (χ2n) is 8.47. The van der Waals surface area contributed by atoms with E-state index in [1.165, 1.54) is 0 Å². The van der Waals surface area contributed by atoms with Crippen LogP contribution in [-0.2, 0) is 15.8 Å². The highest BCUT2D eigenvalue weighted by Gasteiger charge is 2.38. The molecule has 0 spiro atoms. The molecule has 0 saturated carbocycles. The summed E-state index contributed by atoms with van der Waals surface area (Å²) in [5.41, 5.74) is 1.19. The first-order valence-corrected chi connectivity index (χ1v) is 9.17. The molecule has 0 saturated heterocycles. The van der Waals surface area contributed by atoms with Crippen molar-refractivity contribution in [3.63, 3.8) is 0 Å². The van der Waals surface area contributed by atoms with Crippen LogP contribution in [0.4, 0.5) is 14.5 Å². The second kappa shape index (κ2) is 6.91. The van der Waals surface area contributed by atoms with Gasteiger partial charge in [0, 0.05) is 16.7 Å². The van der Waals surface area contributed by atoms with Gasteiger partial charge in [-0.15, -0.1) is 0 Å². The number of amides is 1. The van der Waals surface area contributed by atoms with Crippen molar-refractivity contribution < 1.29 is 28.2 Å². The monoisotopic (exact) mass is 403 g/mol. The summed E-state index contributed by atoms with van der Waals surface area (Å²) in [6.07, 6.45) is 0. The van der Waals surface area contributed by atoms with Gasteiger partial charge in [0.1, 0.15) is 17.2 Å². The van der Waals surface area contributed by atoms with Gasteiger partial charge in [-0.3, -0.25) is 4.79 Å². The minimum atomic E-state index is -1.73. The van der Waals surface area contributed by atoms with Gasteiger partial charge in [0.05, 0.1) is 12.2 Å². The van der Waals surface area contributed by atoms with E-state index in [1.807, 2.05) is 46.8 Å². The molecule has 0 atom stereocenters. The molecule has 29 heavy (non-hydrogen) atoms. The summed E-state index contributed by atoms with van der Waals surface area (Å²) in [4.78, 5) is 23.5. The van der Waals surface area contributed by atoms with Gasteiger partial charge in [-0.05, 0) is 55.7 Å². The van der Waals surface area contributed by atoms with Crippen molar-refractivity contribution in [1.82, 2.24) is 0 Å². The van der Waals surface area contributed by atoms with Crippen LogP contribution >= 0.6 is 0 Å². The number of ether oxygens (including phenoxy) is 1. The first kappa shape index (κ1) is 20.9. The molecule has 0 aliphatic carbocycles. The summed E-state index contributed by atoms with van der Waals surface area (Å²) in [7, 11) is 0. The van der Waals surface area contributed by atoms with Crippen molar-refractivity contribution >= 4 is 17.6 Å². The fraction of sp³-hybridized carbons (Fsp3) is 0.364. The highest BCUT2D eigenvalue weighted by atomic mass is 19.1. The predicted octanol–water partition coefficient (Wildman–Crippen LogP) is 4.77. The Morgan fingerprint density at radius 3 is 2.17 bits per heavy atom. The van der Waals surface area contributed by atoms with Crippen LogP contribution in [0.2, 0.25) is 0 Å². The molecule has 1 heterocycles. The standard InChI is InChI=1S/C22H23F2NO4/c1-11-6-14-13(21(2,3)10-29-22(14,4)5)9-17(11)25-19(26)12-7-15(23)18(20(27)28)16(24)8-12/h6-9H,10H2,1-5H3,(H,25,26)(H,27,28). The lowest BCUT2D eigenvalue weighted by molar-refractivity contribution is -0.0587. The number of benzene rings is 2. The van der Waals surface area contributed by atoms with E-state index < -0.39 is 34.7 Å². The molecule has 3 rings (SSSR count). The number of carboxylic acid groups (broad SMARTS) is 1. The van der Waals surface area contributed by atoms with Gasteiger partial charge in [0.15, 0.2) is 0 Å². The van der Waals surface area contributed by atoms with Gasteiger partial charge in [-0.25, -0.2) is 13.6 Å². The Morgan fingerprint density at radius 1 is 1.03 bits per heavy atom. The number of hydrogen-bond acceptors (Lipinski definition) is 3. The lowest BCUT2D eigenvalue weighted by atomic mass is 9.75. The molecular formula is C22H23F2NO4. The fourth-order valence-corrected chi connectivity index (χ4v) is 3.52. The zero-order valence-electron chi connectivity index (χ0n) is 16.9. The number of hydrogen-bond donors (Lipinski definition) is 2. The Morgan fingerprint density at radius 2 is 1.62 bits per heavy atom. The number of fused-ring (bicyclic) bond motifs is 1. The van der Waals surface area contributed by atoms with Crippen LogP contribution in [0, 0.1) is 18.6 Å². The van der Waals surface area contributed by atoms with E-state index in [0.717, 1.165) is 28.8 Å². The number of carbonyl (C=O) groups is 2. The lowest BCUT2D eigenvalue weighted by Gasteiger charge is -2.42. The average Bonchev–Trinajstić information content (AvgIpc) is 2.59. The number of carbonyl (C=O) groups excluding carboxylic acids is 1. The van der Waals surface area contributed by atoms with Gasteiger partial charge >= 0.3 is 5.97 Å². The van der Waals surface area contributed by atoms with Gasteiger partial charge < -0.3 is 15.2 Å². The Balaban J connectivity index is 1.99. The van der Waals surface area contributed by atoms with Crippen LogP contribution < -0.4 is 5.32 Å². The number of halogens is 2. The van der Waals surface area contributed by atoms with Crippen molar-refractivity contribution in [2.45, 2.75) is 45.6 Å². The first-order valence-electron chi connectivity index (χ1n) is 9.17. The third kappa shape index (κ3) is 3.74. The third-order valence-corrected chi connectivity index (χ3v) is 5.30. The molecule has 0 aromatic heterocycles. The van der Waals surface area contributed by atoms with Gasteiger partial charge in [0.2, 0.25) is 0 Å². The van der Waals surface area contributed by atoms with Gasteiger partial charge in [-0.2, -0.15) is 0 Å².